The molecule has 4 nitrogen and oxygen atoms in total. The van der Waals surface area contributed by atoms with Gasteiger partial charge in [0.25, 0.3) is 0 Å². The van der Waals surface area contributed by atoms with E-state index in [1.807, 2.05) is 0 Å². The van der Waals surface area contributed by atoms with E-state index in [4.69, 9.17) is 23.1 Å². The van der Waals surface area contributed by atoms with Crippen LogP contribution in [0.15, 0.2) is 6.07 Å². The first-order chi connectivity index (χ1) is 7.47. The van der Waals surface area contributed by atoms with Crippen LogP contribution in [-0.2, 0) is 0 Å². The summed E-state index contributed by atoms with van der Waals surface area (Å²) in [5.41, 5.74) is 0.513. The van der Waals surface area contributed by atoms with E-state index in [0.29, 0.717) is 18.1 Å². The number of carboxylic acid groups (broad SMARTS) is 1. The van der Waals surface area contributed by atoms with Crippen LogP contribution in [0.3, 0.4) is 0 Å². The Balaban J connectivity index is 3.21. The Morgan fingerprint density at radius 2 is 2.38 bits per heavy atom. The van der Waals surface area contributed by atoms with Crippen molar-refractivity contribution in [3.63, 3.8) is 0 Å². The number of carbonyl (C=O) groups is 1. The van der Waals surface area contributed by atoms with E-state index < -0.39 is 5.97 Å². The topological polar surface area (TPSA) is 53.4 Å². The molecule has 0 amide bonds. The fraction of sp³-hybridized carbons (Fsp3) is 0.273. The lowest BCUT2D eigenvalue weighted by Crippen LogP contribution is -2.20. The molecule has 1 heterocycles. The second-order valence-electron chi connectivity index (χ2n) is 3.29. The largest absolute Gasteiger partial charge is 0.478 e. The van der Waals surface area contributed by atoms with Crippen LogP contribution >= 0.6 is 11.6 Å². The van der Waals surface area contributed by atoms with Crippen molar-refractivity contribution in [3.05, 3.63) is 22.3 Å². The summed E-state index contributed by atoms with van der Waals surface area (Å²) in [5, 5.41) is 9.16. The van der Waals surface area contributed by atoms with Crippen LogP contribution in [0.25, 0.3) is 0 Å². The SMILES string of the molecule is C#CCN(C)c1nc(C)c(C(=O)O)cc1Cl. The smallest absolute Gasteiger partial charge is 0.337 e. The molecule has 0 aliphatic rings. The number of aryl methyl sites for hydroxylation is 1. The Hall–Kier alpha value is -1.73. The summed E-state index contributed by atoms with van der Waals surface area (Å²) in [6, 6.07) is 1.38. The van der Waals surface area contributed by atoms with E-state index in [-0.39, 0.29) is 10.6 Å². The number of aromatic carboxylic acids is 1. The molecule has 0 spiro atoms. The van der Waals surface area contributed by atoms with Crippen molar-refractivity contribution in [3.8, 4) is 12.3 Å². The number of anilines is 1. The zero-order valence-electron chi connectivity index (χ0n) is 8.99. The monoisotopic (exact) mass is 238 g/mol. The van der Waals surface area contributed by atoms with Crippen LogP contribution in [0.4, 0.5) is 5.82 Å². The Labute approximate surface area is 98.9 Å². The summed E-state index contributed by atoms with van der Waals surface area (Å²) in [6.07, 6.45) is 5.18. The van der Waals surface area contributed by atoms with Crippen LogP contribution in [0, 0.1) is 19.3 Å². The Kier molecular flexibility index (Phi) is 3.75. The van der Waals surface area contributed by atoms with Crippen molar-refractivity contribution in [2.45, 2.75) is 6.92 Å². The van der Waals surface area contributed by atoms with Gasteiger partial charge < -0.3 is 10.0 Å². The summed E-state index contributed by atoms with van der Waals surface area (Å²) < 4.78 is 0. The third-order valence-electron chi connectivity index (χ3n) is 2.07. The van der Waals surface area contributed by atoms with E-state index in [9.17, 15) is 4.79 Å². The molecule has 0 saturated heterocycles. The van der Waals surface area contributed by atoms with Crippen molar-refractivity contribution >= 4 is 23.4 Å². The predicted molar refractivity (Wildman–Crippen MR) is 63.0 cm³/mol. The number of hydrogen-bond donors (Lipinski definition) is 1. The van der Waals surface area contributed by atoms with Gasteiger partial charge in [-0.05, 0) is 13.0 Å². The lowest BCUT2D eigenvalue weighted by Gasteiger charge is -2.17. The number of carboxylic acids is 1. The fourth-order valence-corrected chi connectivity index (χ4v) is 1.56. The van der Waals surface area contributed by atoms with Gasteiger partial charge in [0.15, 0.2) is 0 Å². The van der Waals surface area contributed by atoms with Gasteiger partial charge in [-0.15, -0.1) is 6.42 Å². The van der Waals surface area contributed by atoms with Gasteiger partial charge >= 0.3 is 5.97 Å². The molecule has 0 aliphatic carbocycles. The molecule has 1 aromatic heterocycles. The van der Waals surface area contributed by atoms with Gasteiger partial charge in [0.2, 0.25) is 0 Å². The summed E-state index contributed by atoms with van der Waals surface area (Å²) in [6.45, 7) is 1.98. The minimum Gasteiger partial charge on any atom is -0.478 e. The maximum absolute atomic E-state index is 10.8. The highest BCUT2D eigenvalue weighted by molar-refractivity contribution is 6.33. The highest BCUT2D eigenvalue weighted by Crippen LogP contribution is 2.25. The summed E-state index contributed by atoms with van der Waals surface area (Å²) in [7, 11) is 1.74. The Morgan fingerprint density at radius 3 is 2.88 bits per heavy atom. The minimum atomic E-state index is -1.04. The number of terminal acetylenes is 1. The van der Waals surface area contributed by atoms with E-state index in [1.165, 1.54) is 6.07 Å². The molecule has 16 heavy (non-hydrogen) atoms. The molecule has 5 heteroatoms. The molecule has 1 aromatic rings. The van der Waals surface area contributed by atoms with Crippen molar-refractivity contribution in [2.24, 2.45) is 0 Å². The third-order valence-corrected chi connectivity index (χ3v) is 2.35. The molecule has 1 rings (SSSR count). The van der Waals surface area contributed by atoms with Gasteiger partial charge in [0.1, 0.15) is 5.82 Å². The highest BCUT2D eigenvalue weighted by atomic mass is 35.5. The Morgan fingerprint density at radius 1 is 1.75 bits per heavy atom. The molecule has 0 unspecified atom stereocenters. The molecule has 0 radical (unpaired) electrons. The maximum Gasteiger partial charge on any atom is 0.337 e. The molecular weight excluding hydrogens is 228 g/mol. The van der Waals surface area contributed by atoms with Crippen LogP contribution in [0.2, 0.25) is 5.02 Å². The van der Waals surface area contributed by atoms with Crippen LogP contribution in [0.5, 0.6) is 0 Å². The lowest BCUT2D eigenvalue weighted by molar-refractivity contribution is 0.0695. The molecule has 0 fully saturated rings. The van der Waals surface area contributed by atoms with E-state index >= 15 is 0 Å². The Bertz CT molecular complexity index is 466. The van der Waals surface area contributed by atoms with E-state index in [0.717, 1.165) is 0 Å². The average Bonchev–Trinajstić information content (AvgIpc) is 2.20. The quantitative estimate of drug-likeness (QED) is 0.816. The zero-order chi connectivity index (χ0) is 12.3. The summed E-state index contributed by atoms with van der Waals surface area (Å²) in [4.78, 5) is 16.6. The number of halogens is 1. The second-order valence-corrected chi connectivity index (χ2v) is 3.70. The van der Waals surface area contributed by atoms with Crippen molar-refractivity contribution in [1.29, 1.82) is 0 Å². The van der Waals surface area contributed by atoms with Crippen LogP contribution in [0.1, 0.15) is 16.1 Å². The molecule has 0 atom stereocenters. The van der Waals surface area contributed by atoms with Gasteiger partial charge in [0.05, 0.1) is 22.8 Å². The first-order valence-electron chi connectivity index (χ1n) is 4.52. The lowest BCUT2D eigenvalue weighted by atomic mass is 10.2. The zero-order valence-corrected chi connectivity index (χ0v) is 9.75. The summed E-state index contributed by atoms with van der Waals surface area (Å²) >= 11 is 5.94. The molecule has 0 aliphatic heterocycles. The fourth-order valence-electron chi connectivity index (χ4n) is 1.26. The third kappa shape index (κ3) is 2.44. The van der Waals surface area contributed by atoms with Crippen LogP contribution < -0.4 is 4.90 Å². The number of aromatic nitrogens is 1. The van der Waals surface area contributed by atoms with E-state index in [1.54, 1.807) is 18.9 Å². The standard InChI is InChI=1S/C11H11ClN2O2/c1-4-5-14(3)10-9(12)6-8(11(15)16)7(2)13-10/h1,6H,5H2,2-3H3,(H,15,16). The first kappa shape index (κ1) is 12.3. The van der Waals surface area contributed by atoms with Crippen molar-refractivity contribution in [1.82, 2.24) is 4.98 Å². The molecular formula is C11H11ClN2O2. The van der Waals surface area contributed by atoms with Crippen LogP contribution in [-0.4, -0.2) is 29.7 Å². The van der Waals surface area contributed by atoms with Crippen molar-refractivity contribution in [2.75, 3.05) is 18.5 Å². The van der Waals surface area contributed by atoms with Gasteiger partial charge in [-0.3, -0.25) is 0 Å². The molecule has 0 bridgehead atoms. The van der Waals surface area contributed by atoms with Gasteiger partial charge in [-0.25, -0.2) is 9.78 Å². The first-order valence-corrected chi connectivity index (χ1v) is 4.90. The molecule has 0 aromatic carbocycles. The molecule has 0 saturated carbocycles. The molecule has 84 valence electrons. The van der Waals surface area contributed by atoms with Gasteiger partial charge in [0, 0.05) is 7.05 Å². The number of hydrogen-bond acceptors (Lipinski definition) is 3. The molecule has 1 N–H and O–H groups in total. The maximum atomic E-state index is 10.8. The number of nitrogens with zero attached hydrogens (tertiary/aromatic N) is 2. The van der Waals surface area contributed by atoms with E-state index in [2.05, 4.69) is 10.9 Å². The normalized spacial score (nSPS) is 9.62. The predicted octanol–water partition coefficient (Wildman–Crippen LogP) is 1.81. The second kappa shape index (κ2) is 4.86. The summed E-state index contributed by atoms with van der Waals surface area (Å²) in [5.74, 6) is 1.91. The highest BCUT2D eigenvalue weighted by Gasteiger charge is 2.14. The average molecular weight is 239 g/mol. The number of rotatable bonds is 3. The van der Waals surface area contributed by atoms with Crippen molar-refractivity contribution < 1.29 is 9.90 Å². The minimum absolute atomic E-state index is 0.0999. The van der Waals surface area contributed by atoms with Gasteiger partial charge in [-0.2, -0.15) is 0 Å². The number of pyridine rings is 1. The van der Waals surface area contributed by atoms with Gasteiger partial charge in [-0.1, -0.05) is 17.5 Å².